The van der Waals surface area contributed by atoms with Gasteiger partial charge in [0.1, 0.15) is 5.84 Å². The lowest BCUT2D eigenvalue weighted by atomic mass is 10.1. The first-order chi connectivity index (χ1) is 7.65. The van der Waals surface area contributed by atoms with Gasteiger partial charge in [-0.2, -0.15) is 0 Å². The third-order valence-electron chi connectivity index (χ3n) is 3.57. The van der Waals surface area contributed by atoms with Gasteiger partial charge < -0.3 is 4.90 Å². The van der Waals surface area contributed by atoms with Crippen LogP contribution in [0.25, 0.3) is 0 Å². The van der Waals surface area contributed by atoms with Gasteiger partial charge in [-0.25, -0.2) is 0 Å². The maximum Gasteiger partial charge on any atom is 0.103 e. The molecule has 1 heterocycles. The van der Waals surface area contributed by atoms with Crippen molar-refractivity contribution in [2.45, 2.75) is 33.6 Å². The Kier molecular flexibility index (Phi) is 2.99. The minimum absolute atomic E-state index is 0.352. The van der Waals surface area contributed by atoms with Crippen LogP contribution in [0.3, 0.4) is 0 Å². The summed E-state index contributed by atoms with van der Waals surface area (Å²) < 4.78 is 0. The lowest BCUT2D eigenvalue weighted by Crippen LogP contribution is -2.33. The number of fused-ring (bicyclic) bond motifs is 1. The fraction of sp³-hybridized carbons (Fsp3) is 0.500. The third kappa shape index (κ3) is 1.73. The highest BCUT2D eigenvalue weighted by Crippen LogP contribution is 2.32. The predicted octanol–water partition coefficient (Wildman–Crippen LogP) is 3.38. The van der Waals surface area contributed by atoms with Crippen LogP contribution in [0.4, 0.5) is 5.69 Å². The summed E-state index contributed by atoms with van der Waals surface area (Å²) in [4.78, 5) is 2.19. The van der Waals surface area contributed by atoms with Gasteiger partial charge in [0.25, 0.3) is 0 Å². The molecule has 0 saturated heterocycles. The molecule has 0 aromatic heterocycles. The summed E-state index contributed by atoms with van der Waals surface area (Å²) in [6.07, 6.45) is 2.12. The standard InChI is InChI=1S/C14H20N2/c1-4-10(2)14(15)16-9-8-12-7-5-6-11(3)13(12)16/h5-7,10,15H,4,8-9H2,1-3H3. The van der Waals surface area contributed by atoms with Crippen LogP contribution < -0.4 is 4.90 Å². The van der Waals surface area contributed by atoms with E-state index in [2.05, 4.69) is 43.9 Å². The molecule has 0 radical (unpaired) electrons. The second-order valence-corrected chi connectivity index (χ2v) is 4.68. The van der Waals surface area contributed by atoms with Crippen LogP contribution in [0.15, 0.2) is 18.2 Å². The Bertz CT molecular complexity index is 409. The van der Waals surface area contributed by atoms with E-state index in [0.717, 1.165) is 25.2 Å². The van der Waals surface area contributed by atoms with Gasteiger partial charge in [-0.15, -0.1) is 0 Å². The molecule has 1 aliphatic rings. The SMILES string of the molecule is CCC(C)C(=N)N1CCc2cccc(C)c21. The quantitative estimate of drug-likeness (QED) is 0.595. The summed E-state index contributed by atoms with van der Waals surface area (Å²) >= 11 is 0. The topological polar surface area (TPSA) is 27.1 Å². The van der Waals surface area contributed by atoms with Gasteiger partial charge >= 0.3 is 0 Å². The number of benzene rings is 1. The fourth-order valence-corrected chi connectivity index (χ4v) is 2.35. The highest BCUT2D eigenvalue weighted by atomic mass is 15.2. The van der Waals surface area contributed by atoms with E-state index in [4.69, 9.17) is 5.41 Å². The van der Waals surface area contributed by atoms with E-state index in [0.29, 0.717) is 5.92 Å². The number of nitrogens with one attached hydrogen (secondary N) is 1. The summed E-state index contributed by atoms with van der Waals surface area (Å²) in [5.41, 5.74) is 3.98. The Labute approximate surface area is 97.8 Å². The van der Waals surface area contributed by atoms with Crippen molar-refractivity contribution >= 4 is 11.5 Å². The van der Waals surface area contributed by atoms with Gasteiger partial charge in [0.2, 0.25) is 0 Å². The van der Waals surface area contributed by atoms with Crippen LogP contribution in [0.1, 0.15) is 31.4 Å². The molecule has 86 valence electrons. The number of nitrogens with zero attached hydrogens (tertiary/aromatic N) is 1. The zero-order valence-corrected chi connectivity index (χ0v) is 10.4. The number of aryl methyl sites for hydroxylation is 1. The average molecular weight is 216 g/mol. The van der Waals surface area contributed by atoms with Crippen LogP contribution in [0.5, 0.6) is 0 Å². The zero-order chi connectivity index (χ0) is 11.7. The molecule has 1 aliphatic heterocycles. The van der Waals surface area contributed by atoms with E-state index in [1.165, 1.54) is 16.8 Å². The molecule has 2 rings (SSSR count). The molecule has 1 N–H and O–H groups in total. The number of hydrogen-bond donors (Lipinski definition) is 1. The van der Waals surface area contributed by atoms with Gasteiger partial charge in [-0.1, -0.05) is 32.0 Å². The minimum atomic E-state index is 0.352. The van der Waals surface area contributed by atoms with Crippen molar-refractivity contribution in [3.8, 4) is 0 Å². The molecule has 0 bridgehead atoms. The molecule has 16 heavy (non-hydrogen) atoms. The second kappa shape index (κ2) is 4.28. The second-order valence-electron chi connectivity index (χ2n) is 4.68. The smallest absolute Gasteiger partial charge is 0.103 e. The largest absolute Gasteiger partial charge is 0.329 e. The van der Waals surface area contributed by atoms with Gasteiger partial charge in [0.05, 0.1) is 0 Å². The van der Waals surface area contributed by atoms with E-state index in [1.807, 2.05) is 0 Å². The molecule has 2 heteroatoms. The molecule has 0 aliphatic carbocycles. The lowest BCUT2D eigenvalue weighted by Gasteiger charge is -2.25. The minimum Gasteiger partial charge on any atom is -0.329 e. The first-order valence-electron chi connectivity index (χ1n) is 6.09. The first-order valence-corrected chi connectivity index (χ1v) is 6.09. The monoisotopic (exact) mass is 216 g/mol. The van der Waals surface area contributed by atoms with Gasteiger partial charge in [0, 0.05) is 18.2 Å². The Morgan fingerprint density at radius 3 is 2.94 bits per heavy atom. The summed E-state index contributed by atoms with van der Waals surface area (Å²) in [5, 5.41) is 8.25. The molecular weight excluding hydrogens is 196 g/mol. The van der Waals surface area contributed by atoms with Gasteiger partial charge in [-0.3, -0.25) is 5.41 Å². The third-order valence-corrected chi connectivity index (χ3v) is 3.57. The van der Waals surface area contributed by atoms with Crippen LogP contribution in [-0.2, 0) is 6.42 Å². The van der Waals surface area contributed by atoms with Crippen LogP contribution in [0.2, 0.25) is 0 Å². The maximum atomic E-state index is 8.25. The number of rotatable bonds is 2. The summed E-state index contributed by atoms with van der Waals surface area (Å²) in [7, 11) is 0. The molecule has 0 amide bonds. The molecule has 1 aromatic rings. The highest BCUT2D eigenvalue weighted by Gasteiger charge is 2.25. The molecule has 1 unspecified atom stereocenters. The lowest BCUT2D eigenvalue weighted by molar-refractivity contribution is 0.715. The average Bonchev–Trinajstić information content (AvgIpc) is 2.72. The summed E-state index contributed by atoms with van der Waals surface area (Å²) in [5.74, 6) is 1.13. The van der Waals surface area contributed by atoms with Crippen molar-refractivity contribution in [3.63, 3.8) is 0 Å². The summed E-state index contributed by atoms with van der Waals surface area (Å²) in [6.45, 7) is 7.40. The molecule has 0 spiro atoms. The van der Waals surface area contributed by atoms with Crippen molar-refractivity contribution in [2.75, 3.05) is 11.4 Å². The molecule has 0 fully saturated rings. The number of anilines is 1. The van der Waals surface area contributed by atoms with E-state index < -0.39 is 0 Å². The number of amidine groups is 1. The maximum absolute atomic E-state index is 8.25. The van der Waals surface area contributed by atoms with Crippen molar-refractivity contribution in [1.29, 1.82) is 5.41 Å². The molecule has 1 aromatic carbocycles. The van der Waals surface area contributed by atoms with Crippen LogP contribution >= 0.6 is 0 Å². The van der Waals surface area contributed by atoms with E-state index in [9.17, 15) is 0 Å². The Hall–Kier alpha value is -1.31. The normalized spacial score (nSPS) is 16.1. The fourth-order valence-electron chi connectivity index (χ4n) is 2.35. The Morgan fingerprint density at radius 1 is 1.50 bits per heavy atom. The molecule has 1 atom stereocenters. The molecule has 2 nitrogen and oxygen atoms in total. The zero-order valence-electron chi connectivity index (χ0n) is 10.4. The van der Waals surface area contributed by atoms with Crippen LogP contribution in [0, 0.1) is 18.3 Å². The van der Waals surface area contributed by atoms with Crippen molar-refractivity contribution in [3.05, 3.63) is 29.3 Å². The molecule has 0 saturated carbocycles. The van der Waals surface area contributed by atoms with E-state index in [-0.39, 0.29) is 0 Å². The predicted molar refractivity (Wildman–Crippen MR) is 69.4 cm³/mol. The summed E-state index contributed by atoms with van der Waals surface area (Å²) in [6, 6.07) is 6.44. The van der Waals surface area contributed by atoms with Crippen molar-refractivity contribution < 1.29 is 0 Å². The van der Waals surface area contributed by atoms with Crippen molar-refractivity contribution in [2.24, 2.45) is 5.92 Å². The van der Waals surface area contributed by atoms with Gasteiger partial charge in [0.15, 0.2) is 0 Å². The van der Waals surface area contributed by atoms with Crippen LogP contribution in [-0.4, -0.2) is 12.4 Å². The number of para-hydroxylation sites is 1. The first kappa shape index (κ1) is 11.2. The van der Waals surface area contributed by atoms with E-state index >= 15 is 0 Å². The van der Waals surface area contributed by atoms with E-state index in [1.54, 1.807) is 0 Å². The Balaban J connectivity index is 2.33. The van der Waals surface area contributed by atoms with Gasteiger partial charge in [-0.05, 0) is 30.9 Å². The highest BCUT2D eigenvalue weighted by molar-refractivity contribution is 5.99. The Morgan fingerprint density at radius 2 is 2.25 bits per heavy atom. The van der Waals surface area contributed by atoms with Crippen molar-refractivity contribution in [1.82, 2.24) is 0 Å². The molecular formula is C14H20N2. The number of hydrogen-bond acceptors (Lipinski definition) is 1.